The Balaban J connectivity index is 2.29. The van der Waals surface area contributed by atoms with E-state index in [1.165, 1.54) is 5.56 Å². The fraction of sp³-hybridized carbons (Fsp3) is 0.286. The van der Waals surface area contributed by atoms with Gasteiger partial charge in [-0.05, 0) is 31.0 Å². The summed E-state index contributed by atoms with van der Waals surface area (Å²) in [6.07, 6.45) is 1.59. The van der Waals surface area contributed by atoms with Crippen LogP contribution in [-0.4, -0.2) is 9.97 Å². The van der Waals surface area contributed by atoms with Gasteiger partial charge in [-0.15, -0.1) is 0 Å². The fourth-order valence-electron chi connectivity index (χ4n) is 1.79. The summed E-state index contributed by atoms with van der Waals surface area (Å²) >= 11 is 9.55. The first-order valence-electron chi connectivity index (χ1n) is 5.86. The molecule has 0 bridgehead atoms. The zero-order chi connectivity index (χ0) is 13.1. The van der Waals surface area contributed by atoms with Crippen molar-refractivity contribution in [3.63, 3.8) is 0 Å². The maximum absolute atomic E-state index is 6.13. The third-order valence-corrected chi connectivity index (χ3v) is 3.74. The quantitative estimate of drug-likeness (QED) is 0.784. The molecule has 0 aliphatic heterocycles. The molecule has 2 aromatic rings. The fourth-order valence-corrected chi connectivity index (χ4v) is 2.26. The van der Waals surface area contributed by atoms with Gasteiger partial charge in [-0.2, -0.15) is 0 Å². The molecule has 0 saturated heterocycles. The molecule has 1 aromatic carbocycles. The van der Waals surface area contributed by atoms with Gasteiger partial charge in [0.1, 0.15) is 11.0 Å². The Morgan fingerprint density at radius 3 is 2.44 bits per heavy atom. The molecule has 0 aliphatic carbocycles. The van der Waals surface area contributed by atoms with Crippen LogP contribution < -0.4 is 0 Å². The van der Waals surface area contributed by atoms with Crippen LogP contribution in [-0.2, 0) is 12.8 Å². The van der Waals surface area contributed by atoms with Crippen LogP contribution in [0.25, 0.3) is 0 Å². The van der Waals surface area contributed by atoms with Crippen molar-refractivity contribution in [1.82, 2.24) is 9.97 Å². The van der Waals surface area contributed by atoms with Gasteiger partial charge in [0, 0.05) is 22.2 Å². The molecule has 0 atom stereocenters. The molecule has 0 radical (unpaired) electrons. The standard InChI is InChI=1S/C14H14BrClN2/c1-3-12-9(2)14(16)18-13(17-12)8-10-4-6-11(15)7-5-10/h4-7H,3,8H2,1-2H3. The number of rotatable bonds is 3. The van der Waals surface area contributed by atoms with Crippen molar-refractivity contribution in [3.8, 4) is 0 Å². The van der Waals surface area contributed by atoms with Crippen molar-refractivity contribution in [2.24, 2.45) is 0 Å². The second-order valence-electron chi connectivity index (χ2n) is 4.16. The van der Waals surface area contributed by atoms with E-state index in [1.54, 1.807) is 0 Å². The molecule has 0 unspecified atom stereocenters. The Morgan fingerprint density at radius 2 is 1.83 bits per heavy atom. The van der Waals surface area contributed by atoms with E-state index in [1.807, 2.05) is 19.1 Å². The lowest BCUT2D eigenvalue weighted by molar-refractivity contribution is 0.888. The van der Waals surface area contributed by atoms with Crippen molar-refractivity contribution in [2.75, 3.05) is 0 Å². The SMILES string of the molecule is CCc1nc(Cc2ccc(Br)cc2)nc(Cl)c1C. The average Bonchev–Trinajstić information content (AvgIpc) is 2.36. The minimum Gasteiger partial charge on any atom is -0.237 e. The lowest BCUT2D eigenvalue weighted by atomic mass is 10.1. The zero-order valence-electron chi connectivity index (χ0n) is 10.4. The van der Waals surface area contributed by atoms with Crippen molar-refractivity contribution in [3.05, 3.63) is 56.5 Å². The summed E-state index contributed by atoms with van der Waals surface area (Å²) in [6.45, 7) is 4.04. The largest absolute Gasteiger partial charge is 0.237 e. The third-order valence-electron chi connectivity index (χ3n) is 2.84. The lowest BCUT2D eigenvalue weighted by Crippen LogP contribution is -2.03. The molecular weight excluding hydrogens is 312 g/mol. The van der Waals surface area contributed by atoms with Crippen LogP contribution in [0.1, 0.15) is 29.6 Å². The van der Waals surface area contributed by atoms with Crippen molar-refractivity contribution >= 4 is 27.5 Å². The van der Waals surface area contributed by atoms with E-state index in [4.69, 9.17) is 11.6 Å². The first kappa shape index (κ1) is 13.5. The van der Waals surface area contributed by atoms with E-state index >= 15 is 0 Å². The Labute approximate surface area is 121 Å². The van der Waals surface area contributed by atoms with E-state index in [2.05, 4.69) is 45.0 Å². The first-order chi connectivity index (χ1) is 8.60. The highest BCUT2D eigenvalue weighted by molar-refractivity contribution is 9.10. The number of nitrogens with zero attached hydrogens (tertiary/aromatic N) is 2. The molecule has 0 fully saturated rings. The van der Waals surface area contributed by atoms with Crippen LogP contribution in [0.3, 0.4) is 0 Å². The maximum atomic E-state index is 6.13. The van der Waals surface area contributed by atoms with E-state index in [9.17, 15) is 0 Å². The molecule has 0 saturated carbocycles. The van der Waals surface area contributed by atoms with Crippen LogP contribution in [0.5, 0.6) is 0 Å². The van der Waals surface area contributed by atoms with Crippen LogP contribution in [0.4, 0.5) is 0 Å². The Kier molecular flexibility index (Phi) is 4.36. The number of aromatic nitrogens is 2. The first-order valence-corrected chi connectivity index (χ1v) is 7.03. The third kappa shape index (κ3) is 3.09. The highest BCUT2D eigenvalue weighted by atomic mass is 79.9. The monoisotopic (exact) mass is 324 g/mol. The van der Waals surface area contributed by atoms with E-state index in [-0.39, 0.29) is 0 Å². The molecular formula is C14H14BrClN2. The number of aryl methyl sites for hydroxylation is 1. The Morgan fingerprint density at radius 1 is 1.17 bits per heavy atom. The molecule has 94 valence electrons. The van der Waals surface area contributed by atoms with Gasteiger partial charge in [-0.3, -0.25) is 0 Å². The summed E-state index contributed by atoms with van der Waals surface area (Å²) in [5, 5.41) is 0.564. The molecule has 2 rings (SSSR count). The van der Waals surface area contributed by atoms with Crippen molar-refractivity contribution < 1.29 is 0 Å². The smallest absolute Gasteiger partial charge is 0.135 e. The van der Waals surface area contributed by atoms with Gasteiger partial charge in [0.15, 0.2) is 0 Å². The summed E-state index contributed by atoms with van der Waals surface area (Å²) < 4.78 is 1.07. The normalized spacial score (nSPS) is 10.7. The molecule has 0 amide bonds. The van der Waals surface area contributed by atoms with Crippen LogP contribution >= 0.6 is 27.5 Å². The molecule has 0 aliphatic rings. The summed E-state index contributed by atoms with van der Waals surface area (Å²) in [6, 6.07) is 8.16. The highest BCUT2D eigenvalue weighted by Gasteiger charge is 2.08. The summed E-state index contributed by atoms with van der Waals surface area (Å²) in [4.78, 5) is 8.90. The molecule has 4 heteroatoms. The summed E-state index contributed by atoms with van der Waals surface area (Å²) in [7, 11) is 0. The molecule has 1 aromatic heterocycles. The van der Waals surface area contributed by atoms with Crippen LogP contribution in [0, 0.1) is 6.92 Å². The highest BCUT2D eigenvalue weighted by Crippen LogP contribution is 2.18. The zero-order valence-corrected chi connectivity index (χ0v) is 12.7. The van der Waals surface area contributed by atoms with Gasteiger partial charge in [0.05, 0.1) is 0 Å². The number of benzene rings is 1. The number of hydrogen-bond acceptors (Lipinski definition) is 2. The minimum atomic E-state index is 0.564. The minimum absolute atomic E-state index is 0.564. The van der Waals surface area contributed by atoms with Gasteiger partial charge in [-0.1, -0.05) is 46.6 Å². The van der Waals surface area contributed by atoms with E-state index < -0.39 is 0 Å². The lowest BCUT2D eigenvalue weighted by Gasteiger charge is -2.07. The summed E-state index contributed by atoms with van der Waals surface area (Å²) in [5.41, 5.74) is 3.20. The second kappa shape index (κ2) is 5.81. The van der Waals surface area contributed by atoms with E-state index in [0.29, 0.717) is 11.6 Å². The number of hydrogen-bond donors (Lipinski definition) is 0. The topological polar surface area (TPSA) is 25.8 Å². The predicted molar refractivity (Wildman–Crippen MR) is 78.1 cm³/mol. The van der Waals surface area contributed by atoms with Gasteiger partial charge in [-0.25, -0.2) is 9.97 Å². The second-order valence-corrected chi connectivity index (χ2v) is 5.43. The molecule has 0 spiro atoms. The van der Waals surface area contributed by atoms with Gasteiger partial charge in [0.2, 0.25) is 0 Å². The van der Waals surface area contributed by atoms with E-state index in [0.717, 1.165) is 28.0 Å². The Bertz CT molecular complexity index is 552. The van der Waals surface area contributed by atoms with Crippen LogP contribution in [0.2, 0.25) is 5.15 Å². The molecule has 2 nitrogen and oxygen atoms in total. The van der Waals surface area contributed by atoms with Crippen molar-refractivity contribution in [1.29, 1.82) is 0 Å². The molecule has 18 heavy (non-hydrogen) atoms. The van der Waals surface area contributed by atoms with Crippen LogP contribution in [0.15, 0.2) is 28.7 Å². The van der Waals surface area contributed by atoms with Gasteiger partial charge in [0.25, 0.3) is 0 Å². The number of halogens is 2. The predicted octanol–water partition coefficient (Wildman–Crippen LogP) is 4.35. The Hall–Kier alpha value is -0.930. The maximum Gasteiger partial charge on any atom is 0.135 e. The average molecular weight is 326 g/mol. The molecule has 1 heterocycles. The van der Waals surface area contributed by atoms with Crippen molar-refractivity contribution in [2.45, 2.75) is 26.7 Å². The van der Waals surface area contributed by atoms with Gasteiger partial charge < -0.3 is 0 Å². The summed E-state index contributed by atoms with van der Waals surface area (Å²) in [5.74, 6) is 0.782. The van der Waals surface area contributed by atoms with Gasteiger partial charge >= 0.3 is 0 Å². The molecule has 0 N–H and O–H groups in total.